The third kappa shape index (κ3) is 0.934. The first-order valence-corrected chi connectivity index (χ1v) is 3.75. The highest BCUT2D eigenvalue weighted by Crippen LogP contribution is 2.67. The smallest absolute Gasteiger partial charge is 0.318 e. The van der Waals surface area contributed by atoms with Gasteiger partial charge in [0.2, 0.25) is 0 Å². The minimum atomic E-state index is -2.63. The van der Waals surface area contributed by atoms with Gasteiger partial charge in [-0.3, -0.25) is 4.79 Å². The Morgan fingerprint density at radius 3 is 2.00 bits per heavy atom. The molecule has 1 fully saturated rings. The number of methoxy groups -OCH3 is 1. The molecular weight excluding hydrogens is 166 g/mol. The van der Waals surface area contributed by atoms with E-state index in [1.165, 1.54) is 0 Å². The number of hydrogen-bond acceptors (Lipinski definition) is 2. The lowest BCUT2D eigenvalue weighted by atomic mass is 9.97. The van der Waals surface area contributed by atoms with Crippen molar-refractivity contribution in [2.75, 3.05) is 7.11 Å². The third-order valence-corrected chi connectivity index (χ3v) is 2.73. The predicted molar refractivity (Wildman–Crippen MR) is 38.9 cm³/mol. The molecule has 0 aromatic carbocycles. The zero-order chi connectivity index (χ0) is 9.57. The summed E-state index contributed by atoms with van der Waals surface area (Å²) in [6.07, 6.45) is -2.41. The van der Waals surface area contributed by atoms with E-state index in [9.17, 15) is 13.6 Å². The van der Waals surface area contributed by atoms with E-state index in [0.29, 0.717) is 0 Å². The van der Waals surface area contributed by atoms with Crippen LogP contribution in [0.1, 0.15) is 20.3 Å². The first-order valence-electron chi connectivity index (χ1n) is 3.75. The van der Waals surface area contributed by atoms with Crippen molar-refractivity contribution in [2.24, 2.45) is 10.8 Å². The van der Waals surface area contributed by atoms with Crippen LogP contribution >= 0.6 is 0 Å². The molecule has 1 aliphatic rings. The molecule has 12 heavy (non-hydrogen) atoms. The Bertz CT molecular complexity index is 213. The van der Waals surface area contributed by atoms with Gasteiger partial charge >= 0.3 is 5.97 Å². The number of carbonyl (C=O) groups is 1. The predicted octanol–water partition coefficient (Wildman–Crippen LogP) is 1.84. The van der Waals surface area contributed by atoms with Crippen molar-refractivity contribution < 1.29 is 18.3 Å². The van der Waals surface area contributed by atoms with Gasteiger partial charge in [0.25, 0.3) is 6.43 Å². The standard InChI is InChI=1S/C8H12F2O2/c1-7(2)4-8(7,5(9)10)6(11)12-3/h5H,4H2,1-3H3. The fourth-order valence-corrected chi connectivity index (χ4v) is 1.65. The Hall–Kier alpha value is -0.670. The van der Waals surface area contributed by atoms with Crippen molar-refractivity contribution in [3.63, 3.8) is 0 Å². The molecule has 1 saturated carbocycles. The zero-order valence-electron chi connectivity index (χ0n) is 7.36. The first kappa shape index (κ1) is 9.42. The zero-order valence-corrected chi connectivity index (χ0v) is 7.36. The lowest BCUT2D eigenvalue weighted by Gasteiger charge is -2.16. The van der Waals surface area contributed by atoms with Crippen molar-refractivity contribution in [1.29, 1.82) is 0 Å². The number of alkyl halides is 2. The summed E-state index contributed by atoms with van der Waals surface area (Å²) in [4.78, 5) is 11.1. The van der Waals surface area contributed by atoms with E-state index in [4.69, 9.17) is 0 Å². The van der Waals surface area contributed by atoms with Crippen LogP contribution in [0.25, 0.3) is 0 Å². The normalized spacial score (nSPS) is 31.8. The number of halogens is 2. The summed E-state index contributed by atoms with van der Waals surface area (Å²) < 4.78 is 29.4. The van der Waals surface area contributed by atoms with Crippen LogP contribution in [0.5, 0.6) is 0 Å². The lowest BCUT2D eigenvalue weighted by molar-refractivity contribution is -0.155. The number of hydrogen-bond donors (Lipinski definition) is 0. The Kier molecular flexibility index (Phi) is 1.89. The molecule has 2 nitrogen and oxygen atoms in total. The van der Waals surface area contributed by atoms with Gasteiger partial charge < -0.3 is 4.74 Å². The maximum Gasteiger partial charge on any atom is 0.318 e. The van der Waals surface area contributed by atoms with Gasteiger partial charge in [0.1, 0.15) is 5.41 Å². The molecule has 1 rings (SSSR count). The molecule has 1 unspecified atom stereocenters. The molecule has 0 radical (unpaired) electrons. The number of ether oxygens (including phenoxy) is 1. The van der Waals surface area contributed by atoms with Gasteiger partial charge in [0, 0.05) is 0 Å². The van der Waals surface area contributed by atoms with Gasteiger partial charge in [0.05, 0.1) is 7.11 Å². The molecule has 0 aliphatic heterocycles. The van der Waals surface area contributed by atoms with Gasteiger partial charge in [-0.1, -0.05) is 13.8 Å². The van der Waals surface area contributed by atoms with E-state index in [-0.39, 0.29) is 6.42 Å². The molecule has 0 spiro atoms. The SMILES string of the molecule is COC(=O)C1(C(F)F)CC1(C)C. The van der Waals surface area contributed by atoms with Gasteiger partial charge in [-0.2, -0.15) is 0 Å². The lowest BCUT2D eigenvalue weighted by Crippen LogP contribution is -2.30. The monoisotopic (exact) mass is 178 g/mol. The summed E-state index contributed by atoms with van der Waals surface area (Å²) in [5.74, 6) is -0.789. The number of esters is 1. The largest absolute Gasteiger partial charge is 0.468 e. The minimum absolute atomic E-state index is 0.213. The minimum Gasteiger partial charge on any atom is -0.468 e. The highest BCUT2D eigenvalue weighted by Gasteiger charge is 2.72. The molecule has 4 heteroatoms. The van der Waals surface area contributed by atoms with E-state index >= 15 is 0 Å². The van der Waals surface area contributed by atoms with Gasteiger partial charge in [-0.15, -0.1) is 0 Å². The van der Waals surface area contributed by atoms with Crippen LogP contribution in [0, 0.1) is 10.8 Å². The Morgan fingerprint density at radius 2 is 1.92 bits per heavy atom. The molecule has 1 atom stereocenters. The van der Waals surface area contributed by atoms with Crippen molar-refractivity contribution in [1.82, 2.24) is 0 Å². The summed E-state index contributed by atoms with van der Waals surface area (Å²) in [6, 6.07) is 0. The average molecular weight is 178 g/mol. The van der Waals surface area contributed by atoms with Crippen molar-refractivity contribution in [2.45, 2.75) is 26.7 Å². The molecule has 0 saturated heterocycles. The summed E-state index contributed by atoms with van der Waals surface area (Å²) in [6.45, 7) is 3.30. The van der Waals surface area contributed by atoms with Crippen LogP contribution in [-0.4, -0.2) is 19.5 Å². The fourth-order valence-electron chi connectivity index (χ4n) is 1.65. The van der Waals surface area contributed by atoms with E-state index in [2.05, 4.69) is 4.74 Å². The van der Waals surface area contributed by atoms with Crippen molar-refractivity contribution in [3.05, 3.63) is 0 Å². The molecule has 1 aliphatic carbocycles. The molecule has 0 amide bonds. The Morgan fingerprint density at radius 1 is 1.50 bits per heavy atom. The Balaban J connectivity index is 2.87. The van der Waals surface area contributed by atoms with Crippen LogP contribution in [-0.2, 0) is 9.53 Å². The van der Waals surface area contributed by atoms with Gasteiger partial charge in [-0.25, -0.2) is 8.78 Å². The molecule has 0 aromatic rings. The van der Waals surface area contributed by atoms with Crippen molar-refractivity contribution >= 4 is 5.97 Å². The molecule has 0 heterocycles. The van der Waals surface area contributed by atoms with E-state index in [0.717, 1.165) is 7.11 Å². The van der Waals surface area contributed by atoms with Crippen LogP contribution in [0.3, 0.4) is 0 Å². The maximum absolute atomic E-state index is 12.5. The van der Waals surface area contributed by atoms with Crippen LogP contribution in [0.2, 0.25) is 0 Å². The molecule has 70 valence electrons. The summed E-state index contributed by atoms with van der Waals surface area (Å²) in [7, 11) is 1.14. The third-order valence-electron chi connectivity index (χ3n) is 2.73. The topological polar surface area (TPSA) is 26.3 Å². The molecule has 0 N–H and O–H groups in total. The maximum atomic E-state index is 12.5. The molecule has 0 aromatic heterocycles. The highest BCUT2D eigenvalue weighted by molar-refractivity contribution is 5.82. The summed E-state index contributed by atoms with van der Waals surface area (Å²) in [5.41, 5.74) is -2.16. The highest BCUT2D eigenvalue weighted by atomic mass is 19.3. The second kappa shape index (κ2) is 2.41. The van der Waals surface area contributed by atoms with Gasteiger partial charge in [-0.05, 0) is 11.8 Å². The summed E-state index contributed by atoms with van der Waals surface area (Å²) in [5, 5.41) is 0. The number of rotatable bonds is 2. The van der Waals surface area contributed by atoms with Crippen LogP contribution in [0.15, 0.2) is 0 Å². The fraction of sp³-hybridized carbons (Fsp3) is 0.875. The molecule has 0 bridgehead atoms. The number of carbonyl (C=O) groups excluding carboxylic acids is 1. The Labute approximate surface area is 69.9 Å². The van der Waals surface area contributed by atoms with E-state index < -0.39 is 23.2 Å². The second-order valence-electron chi connectivity index (χ2n) is 3.82. The van der Waals surface area contributed by atoms with Gasteiger partial charge in [0.15, 0.2) is 0 Å². The van der Waals surface area contributed by atoms with Crippen LogP contribution in [0.4, 0.5) is 8.78 Å². The quantitative estimate of drug-likeness (QED) is 0.603. The van der Waals surface area contributed by atoms with Crippen molar-refractivity contribution in [3.8, 4) is 0 Å². The summed E-state index contributed by atoms with van der Waals surface area (Å²) >= 11 is 0. The first-order chi connectivity index (χ1) is 5.38. The van der Waals surface area contributed by atoms with Crippen LogP contribution < -0.4 is 0 Å². The van der Waals surface area contributed by atoms with E-state index in [1.807, 2.05) is 0 Å². The molecular formula is C8H12F2O2. The second-order valence-corrected chi connectivity index (χ2v) is 3.82. The average Bonchev–Trinajstić information content (AvgIpc) is 2.54. The van der Waals surface area contributed by atoms with E-state index in [1.54, 1.807) is 13.8 Å².